The standard InChI is InChI=1S/C16H23N3O3/c1-11-6-7-13-12(10-11)18-15(21)16(2,22-13)14(20)17-8-5-9-19(3)4/h6-7,10H,5,8-9H2,1-4H3,(H,17,20)(H,18,21)/t16-/m1/s1. The molecule has 1 aromatic rings. The van der Waals surface area contributed by atoms with Crippen LogP contribution in [-0.4, -0.2) is 49.5 Å². The lowest BCUT2D eigenvalue weighted by molar-refractivity contribution is -0.146. The number of carbonyl (C=O) groups excluding carboxylic acids is 2. The van der Waals surface area contributed by atoms with Gasteiger partial charge in [-0.1, -0.05) is 6.07 Å². The number of carbonyl (C=O) groups is 2. The largest absolute Gasteiger partial charge is 0.466 e. The SMILES string of the molecule is Cc1ccc2c(c1)NC(=O)[C@@](C)(C(=O)NCCCN(C)C)O2. The molecular formula is C16H23N3O3. The average molecular weight is 305 g/mol. The summed E-state index contributed by atoms with van der Waals surface area (Å²) in [4.78, 5) is 26.6. The highest BCUT2D eigenvalue weighted by atomic mass is 16.5. The second-order valence-corrected chi connectivity index (χ2v) is 6.00. The van der Waals surface area contributed by atoms with Crippen molar-refractivity contribution in [3.05, 3.63) is 23.8 Å². The minimum atomic E-state index is -1.54. The molecule has 0 aromatic heterocycles. The highest BCUT2D eigenvalue weighted by Crippen LogP contribution is 2.34. The Bertz CT molecular complexity index is 586. The van der Waals surface area contributed by atoms with E-state index in [4.69, 9.17) is 4.74 Å². The maximum absolute atomic E-state index is 12.3. The van der Waals surface area contributed by atoms with Crippen LogP contribution in [0.4, 0.5) is 5.69 Å². The second kappa shape index (κ2) is 6.36. The molecule has 1 aliphatic rings. The predicted octanol–water partition coefficient (Wildman–Crippen LogP) is 1.15. The van der Waals surface area contributed by atoms with Gasteiger partial charge in [-0.15, -0.1) is 0 Å². The third kappa shape index (κ3) is 3.39. The van der Waals surface area contributed by atoms with Crippen LogP contribution in [0.2, 0.25) is 0 Å². The smallest absolute Gasteiger partial charge is 0.278 e. The van der Waals surface area contributed by atoms with Crippen molar-refractivity contribution in [1.82, 2.24) is 10.2 Å². The second-order valence-electron chi connectivity index (χ2n) is 6.00. The minimum absolute atomic E-state index is 0.421. The number of aryl methyl sites for hydroxylation is 1. The molecule has 0 radical (unpaired) electrons. The topological polar surface area (TPSA) is 70.7 Å². The van der Waals surface area contributed by atoms with Crippen LogP contribution in [0, 0.1) is 6.92 Å². The highest BCUT2D eigenvalue weighted by Gasteiger charge is 2.47. The molecule has 0 fully saturated rings. The number of ether oxygens (including phenoxy) is 1. The minimum Gasteiger partial charge on any atom is -0.466 e. The van der Waals surface area contributed by atoms with Crippen LogP contribution in [0.15, 0.2) is 18.2 Å². The molecular weight excluding hydrogens is 282 g/mol. The Morgan fingerprint density at radius 3 is 2.82 bits per heavy atom. The molecule has 0 aliphatic carbocycles. The lowest BCUT2D eigenvalue weighted by atomic mass is 10.0. The fourth-order valence-corrected chi connectivity index (χ4v) is 2.25. The number of rotatable bonds is 5. The van der Waals surface area contributed by atoms with Gasteiger partial charge in [0.15, 0.2) is 0 Å². The molecule has 1 heterocycles. The molecule has 6 nitrogen and oxygen atoms in total. The summed E-state index contributed by atoms with van der Waals surface area (Å²) >= 11 is 0. The number of hydrogen-bond acceptors (Lipinski definition) is 4. The molecule has 0 bridgehead atoms. The van der Waals surface area contributed by atoms with E-state index in [1.807, 2.05) is 38.1 Å². The lowest BCUT2D eigenvalue weighted by Crippen LogP contribution is -2.58. The first kappa shape index (κ1) is 16.3. The third-order valence-corrected chi connectivity index (χ3v) is 3.63. The van der Waals surface area contributed by atoms with E-state index in [1.165, 1.54) is 6.92 Å². The zero-order valence-corrected chi connectivity index (χ0v) is 13.5. The first-order chi connectivity index (χ1) is 10.3. The number of nitrogens with zero attached hydrogens (tertiary/aromatic N) is 1. The fraction of sp³-hybridized carbons (Fsp3) is 0.500. The Kier molecular flexibility index (Phi) is 4.71. The first-order valence-electron chi connectivity index (χ1n) is 7.37. The molecule has 22 heavy (non-hydrogen) atoms. The van der Waals surface area contributed by atoms with Crippen LogP contribution >= 0.6 is 0 Å². The van der Waals surface area contributed by atoms with Crippen LogP contribution < -0.4 is 15.4 Å². The third-order valence-electron chi connectivity index (χ3n) is 3.63. The highest BCUT2D eigenvalue weighted by molar-refractivity contribution is 6.15. The van der Waals surface area contributed by atoms with Crippen LogP contribution in [-0.2, 0) is 9.59 Å². The van der Waals surface area contributed by atoms with Gasteiger partial charge in [-0.2, -0.15) is 0 Å². The van der Waals surface area contributed by atoms with Crippen molar-refractivity contribution in [2.75, 3.05) is 32.5 Å². The zero-order valence-electron chi connectivity index (χ0n) is 13.5. The summed E-state index contributed by atoms with van der Waals surface area (Å²) in [5.41, 5.74) is 0.0719. The summed E-state index contributed by atoms with van der Waals surface area (Å²) < 4.78 is 5.69. The van der Waals surface area contributed by atoms with Gasteiger partial charge in [0.05, 0.1) is 5.69 Å². The molecule has 0 spiro atoms. The molecule has 0 unspecified atom stereocenters. The molecule has 1 aliphatic heterocycles. The van der Waals surface area contributed by atoms with Crippen LogP contribution in [0.1, 0.15) is 18.9 Å². The molecule has 0 saturated carbocycles. The first-order valence-corrected chi connectivity index (χ1v) is 7.37. The normalized spacial score (nSPS) is 20.1. The molecule has 2 rings (SSSR count). The van der Waals surface area contributed by atoms with E-state index in [0.717, 1.165) is 18.5 Å². The Balaban J connectivity index is 2.04. The quantitative estimate of drug-likeness (QED) is 0.632. The number of nitrogens with one attached hydrogen (secondary N) is 2. The van der Waals surface area contributed by atoms with Gasteiger partial charge in [-0.25, -0.2) is 0 Å². The Morgan fingerprint density at radius 1 is 1.41 bits per heavy atom. The summed E-state index contributed by atoms with van der Waals surface area (Å²) in [6, 6.07) is 5.47. The number of benzene rings is 1. The number of amides is 2. The van der Waals surface area contributed by atoms with E-state index < -0.39 is 17.4 Å². The van der Waals surface area contributed by atoms with Crippen molar-refractivity contribution in [3.8, 4) is 5.75 Å². The zero-order chi connectivity index (χ0) is 16.3. The van der Waals surface area contributed by atoms with Gasteiger partial charge in [0.1, 0.15) is 5.75 Å². The van der Waals surface area contributed by atoms with E-state index in [1.54, 1.807) is 6.07 Å². The summed E-state index contributed by atoms with van der Waals surface area (Å²) in [5.74, 6) is -0.359. The van der Waals surface area contributed by atoms with Gasteiger partial charge in [0.25, 0.3) is 17.4 Å². The molecule has 0 saturated heterocycles. The van der Waals surface area contributed by atoms with E-state index in [-0.39, 0.29) is 0 Å². The Labute approximate surface area is 130 Å². The van der Waals surface area contributed by atoms with E-state index >= 15 is 0 Å². The molecule has 2 N–H and O–H groups in total. The lowest BCUT2D eigenvalue weighted by Gasteiger charge is -2.33. The molecule has 2 amide bonds. The van der Waals surface area contributed by atoms with Crippen LogP contribution in [0.5, 0.6) is 5.75 Å². The van der Waals surface area contributed by atoms with Crippen LogP contribution in [0.25, 0.3) is 0 Å². The van der Waals surface area contributed by atoms with Crippen molar-refractivity contribution < 1.29 is 14.3 Å². The maximum Gasteiger partial charge on any atom is 0.278 e. The van der Waals surface area contributed by atoms with Gasteiger partial charge >= 0.3 is 0 Å². The van der Waals surface area contributed by atoms with E-state index in [0.29, 0.717) is 18.0 Å². The summed E-state index contributed by atoms with van der Waals surface area (Å²) in [7, 11) is 3.94. The molecule has 6 heteroatoms. The van der Waals surface area contributed by atoms with Gasteiger partial charge in [0.2, 0.25) is 0 Å². The number of anilines is 1. The number of fused-ring (bicyclic) bond motifs is 1. The van der Waals surface area contributed by atoms with E-state index in [9.17, 15) is 9.59 Å². The van der Waals surface area contributed by atoms with Crippen molar-refractivity contribution in [2.24, 2.45) is 0 Å². The van der Waals surface area contributed by atoms with Gasteiger partial charge < -0.3 is 20.3 Å². The van der Waals surface area contributed by atoms with Crippen molar-refractivity contribution >= 4 is 17.5 Å². The number of hydrogen-bond donors (Lipinski definition) is 2. The monoisotopic (exact) mass is 305 g/mol. The van der Waals surface area contributed by atoms with E-state index in [2.05, 4.69) is 10.6 Å². The summed E-state index contributed by atoms with van der Waals surface area (Å²) in [5, 5.41) is 5.52. The Morgan fingerprint density at radius 2 is 2.14 bits per heavy atom. The van der Waals surface area contributed by atoms with Gasteiger partial charge in [-0.3, -0.25) is 9.59 Å². The Hall–Kier alpha value is -2.08. The fourth-order valence-electron chi connectivity index (χ4n) is 2.25. The van der Waals surface area contributed by atoms with Crippen molar-refractivity contribution in [2.45, 2.75) is 25.9 Å². The van der Waals surface area contributed by atoms with Crippen molar-refractivity contribution in [3.63, 3.8) is 0 Å². The summed E-state index contributed by atoms with van der Waals surface area (Å²) in [6.07, 6.45) is 0.812. The average Bonchev–Trinajstić information content (AvgIpc) is 2.45. The molecule has 1 aromatic carbocycles. The predicted molar refractivity (Wildman–Crippen MR) is 85.0 cm³/mol. The van der Waals surface area contributed by atoms with Crippen molar-refractivity contribution in [1.29, 1.82) is 0 Å². The summed E-state index contributed by atoms with van der Waals surface area (Å²) in [6.45, 7) is 4.79. The maximum atomic E-state index is 12.3. The molecule has 1 atom stereocenters. The van der Waals surface area contributed by atoms with Crippen LogP contribution in [0.3, 0.4) is 0 Å². The van der Waals surface area contributed by atoms with Gasteiger partial charge in [-0.05, 0) is 58.6 Å². The molecule has 120 valence electrons. The van der Waals surface area contributed by atoms with Gasteiger partial charge in [0, 0.05) is 6.54 Å².